The number of carbonyl (C=O) groups is 1. The smallest absolute Gasteiger partial charge is 0.243 e. The zero-order valence-corrected chi connectivity index (χ0v) is 20.5. The molecule has 1 unspecified atom stereocenters. The van der Waals surface area contributed by atoms with Gasteiger partial charge in [-0.2, -0.15) is 4.31 Å². The van der Waals surface area contributed by atoms with Crippen LogP contribution in [-0.4, -0.2) is 51.0 Å². The van der Waals surface area contributed by atoms with E-state index < -0.39 is 10.0 Å². The molecule has 1 saturated heterocycles. The minimum absolute atomic E-state index is 0.0618. The number of benzene rings is 2. The predicted molar refractivity (Wildman–Crippen MR) is 126 cm³/mol. The number of fused-ring (bicyclic) bond motifs is 1. The van der Waals surface area contributed by atoms with Gasteiger partial charge in [0.15, 0.2) is 11.5 Å². The third kappa shape index (κ3) is 4.73. The molecule has 2 aliphatic rings. The Labute approximate surface area is 196 Å². The first kappa shape index (κ1) is 23.6. The van der Waals surface area contributed by atoms with Crippen LogP contribution in [0.3, 0.4) is 0 Å². The standard InChI is InChI=1S/C25H32N2O5S/c1-16-13-17(2)19(4)24(18(16)3)33(29,30)27-11-9-20(10-12-27)25(28)26-14-21-15-31-22-7-5-6-8-23(22)32-21/h5-8,13,20-21H,9-12,14-15H2,1-4H3,(H,26,28). The molecule has 2 aliphatic heterocycles. The highest BCUT2D eigenvalue weighted by Crippen LogP contribution is 2.32. The maximum Gasteiger partial charge on any atom is 0.243 e. The summed E-state index contributed by atoms with van der Waals surface area (Å²) in [5.74, 6) is 1.12. The van der Waals surface area contributed by atoms with Crippen LogP contribution in [0.25, 0.3) is 0 Å². The highest BCUT2D eigenvalue weighted by atomic mass is 32.2. The number of amides is 1. The third-order valence-corrected chi connectivity index (χ3v) is 8.96. The second-order valence-corrected chi connectivity index (χ2v) is 10.9. The van der Waals surface area contributed by atoms with Crippen LogP contribution in [0.1, 0.15) is 35.1 Å². The van der Waals surface area contributed by atoms with Crippen LogP contribution >= 0.6 is 0 Å². The zero-order chi connectivity index (χ0) is 23.8. The number of aryl methyl sites for hydroxylation is 2. The first-order valence-electron chi connectivity index (χ1n) is 11.4. The average Bonchev–Trinajstić information content (AvgIpc) is 2.81. The molecular formula is C25H32N2O5S. The van der Waals surface area contributed by atoms with E-state index in [4.69, 9.17) is 9.47 Å². The Morgan fingerprint density at radius 2 is 1.64 bits per heavy atom. The monoisotopic (exact) mass is 472 g/mol. The van der Waals surface area contributed by atoms with E-state index in [-0.39, 0.29) is 17.9 Å². The fourth-order valence-corrected chi connectivity index (χ4v) is 6.62. The van der Waals surface area contributed by atoms with Crippen molar-refractivity contribution in [2.75, 3.05) is 26.2 Å². The number of nitrogens with one attached hydrogen (secondary N) is 1. The molecule has 33 heavy (non-hydrogen) atoms. The molecule has 2 aromatic rings. The van der Waals surface area contributed by atoms with Crippen molar-refractivity contribution in [3.8, 4) is 11.5 Å². The van der Waals surface area contributed by atoms with E-state index >= 15 is 0 Å². The van der Waals surface area contributed by atoms with Crippen molar-refractivity contribution in [1.29, 1.82) is 0 Å². The molecule has 8 heteroatoms. The molecule has 0 bridgehead atoms. The van der Waals surface area contributed by atoms with Gasteiger partial charge in [-0.25, -0.2) is 8.42 Å². The lowest BCUT2D eigenvalue weighted by Gasteiger charge is -2.32. The molecule has 4 rings (SSSR count). The molecule has 0 spiro atoms. The van der Waals surface area contributed by atoms with Crippen molar-refractivity contribution in [2.45, 2.75) is 51.5 Å². The Hall–Kier alpha value is -2.58. The molecule has 1 amide bonds. The van der Waals surface area contributed by atoms with Gasteiger partial charge in [0.05, 0.1) is 11.4 Å². The molecule has 1 atom stereocenters. The lowest BCUT2D eigenvalue weighted by molar-refractivity contribution is -0.126. The quantitative estimate of drug-likeness (QED) is 0.722. The number of sulfonamides is 1. The van der Waals surface area contributed by atoms with Gasteiger partial charge in [0, 0.05) is 19.0 Å². The Kier molecular flexibility index (Phi) is 6.68. The summed E-state index contributed by atoms with van der Waals surface area (Å²) in [6.07, 6.45) is 0.747. The molecule has 0 saturated carbocycles. The largest absolute Gasteiger partial charge is 0.486 e. The van der Waals surface area contributed by atoms with Gasteiger partial charge in [-0.1, -0.05) is 18.2 Å². The van der Waals surface area contributed by atoms with E-state index in [1.807, 2.05) is 58.0 Å². The van der Waals surface area contributed by atoms with Crippen LogP contribution in [0.15, 0.2) is 35.2 Å². The molecule has 2 heterocycles. The first-order chi connectivity index (χ1) is 15.7. The summed E-state index contributed by atoms with van der Waals surface area (Å²) >= 11 is 0. The van der Waals surface area contributed by atoms with Crippen LogP contribution in [-0.2, 0) is 14.8 Å². The lowest BCUT2D eigenvalue weighted by atomic mass is 9.97. The topological polar surface area (TPSA) is 84.9 Å². The molecular weight excluding hydrogens is 440 g/mol. The van der Waals surface area contributed by atoms with Crippen molar-refractivity contribution < 1.29 is 22.7 Å². The van der Waals surface area contributed by atoms with Crippen molar-refractivity contribution in [3.63, 3.8) is 0 Å². The van der Waals surface area contributed by atoms with E-state index in [2.05, 4.69) is 5.32 Å². The van der Waals surface area contributed by atoms with Crippen LogP contribution < -0.4 is 14.8 Å². The predicted octanol–water partition coefficient (Wildman–Crippen LogP) is 3.28. The summed E-state index contributed by atoms with van der Waals surface area (Å²) in [6.45, 7) is 9.02. The first-order valence-corrected chi connectivity index (χ1v) is 12.9. The summed E-state index contributed by atoms with van der Waals surface area (Å²) in [5, 5.41) is 2.96. The molecule has 0 radical (unpaired) electrons. The maximum absolute atomic E-state index is 13.4. The van der Waals surface area contributed by atoms with Gasteiger partial charge >= 0.3 is 0 Å². The Morgan fingerprint density at radius 3 is 2.27 bits per heavy atom. The Morgan fingerprint density at radius 1 is 1.03 bits per heavy atom. The lowest BCUT2D eigenvalue weighted by Crippen LogP contribution is -2.46. The van der Waals surface area contributed by atoms with Crippen LogP contribution in [0, 0.1) is 33.6 Å². The fourth-order valence-electron chi connectivity index (χ4n) is 4.58. The molecule has 1 fully saturated rings. The van der Waals surface area contributed by atoms with E-state index in [1.165, 1.54) is 4.31 Å². The highest BCUT2D eigenvalue weighted by Gasteiger charge is 2.34. The Balaban J connectivity index is 1.34. The van der Waals surface area contributed by atoms with Gasteiger partial charge in [-0.05, 0) is 74.9 Å². The fraction of sp³-hybridized carbons (Fsp3) is 0.480. The zero-order valence-electron chi connectivity index (χ0n) is 19.7. The van der Waals surface area contributed by atoms with E-state index in [0.717, 1.165) is 22.3 Å². The second-order valence-electron chi connectivity index (χ2n) is 9.01. The molecule has 0 aromatic heterocycles. The van der Waals surface area contributed by atoms with Gasteiger partial charge in [-0.15, -0.1) is 0 Å². The van der Waals surface area contributed by atoms with Crippen molar-refractivity contribution in [1.82, 2.24) is 9.62 Å². The third-order valence-electron chi connectivity index (χ3n) is 6.79. The van der Waals surface area contributed by atoms with E-state index in [1.54, 1.807) is 0 Å². The summed E-state index contributed by atoms with van der Waals surface area (Å²) in [4.78, 5) is 13.1. The van der Waals surface area contributed by atoms with Crippen molar-refractivity contribution in [2.24, 2.45) is 5.92 Å². The van der Waals surface area contributed by atoms with Gasteiger partial charge in [0.1, 0.15) is 12.7 Å². The molecule has 0 aliphatic carbocycles. The van der Waals surface area contributed by atoms with Gasteiger partial charge in [-0.3, -0.25) is 4.79 Å². The number of carbonyl (C=O) groups excluding carboxylic acids is 1. The van der Waals surface area contributed by atoms with Crippen molar-refractivity contribution in [3.05, 3.63) is 52.6 Å². The van der Waals surface area contributed by atoms with Crippen LogP contribution in [0.5, 0.6) is 11.5 Å². The maximum atomic E-state index is 13.4. The second kappa shape index (κ2) is 9.35. The molecule has 2 aromatic carbocycles. The van der Waals surface area contributed by atoms with Gasteiger partial charge in [0.2, 0.25) is 15.9 Å². The summed E-state index contributed by atoms with van der Waals surface area (Å²) < 4.78 is 40.0. The highest BCUT2D eigenvalue weighted by molar-refractivity contribution is 7.89. The van der Waals surface area contributed by atoms with Crippen LogP contribution in [0.4, 0.5) is 0 Å². The normalized spacial score (nSPS) is 19.3. The number of nitrogens with zero attached hydrogens (tertiary/aromatic N) is 1. The number of hydrogen-bond acceptors (Lipinski definition) is 5. The molecule has 1 N–H and O–H groups in total. The number of ether oxygens (including phenoxy) is 2. The van der Waals surface area contributed by atoms with Gasteiger partial charge in [0.25, 0.3) is 0 Å². The minimum atomic E-state index is -3.61. The van der Waals surface area contributed by atoms with E-state index in [9.17, 15) is 13.2 Å². The summed E-state index contributed by atoms with van der Waals surface area (Å²) in [5.41, 5.74) is 3.55. The average molecular weight is 473 g/mol. The number of piperidine rings is 1. The number of para-hydroxylation sites is 2. The van der Waals surface area contributed by atoms with Crippen LogP contribution in [0.2, 0.25) is 0 Å². The number of rotatable bonds is 5. The minimum Gasteiger partial charge on any atom is -0.486 e. The summed E-state index contributed by atoms with van der Waals surface area (Å²) in [7, 11) is -3.61. The summed E-state index contributed by atoms with van der Waals surface area (Å²) in [6, 6.07) is 9.50. The molecule has 7 nitrogen and oxygen atoms in total. The molecule has 178 valence electrons. The van der Waals surface area contributed by atoms with Crippen molar-refractivity contribution >= 4 is 15.9 Å². The number of hydrogen-bond donors (Lipinski definition) is 1. The van der Waals surface area contributed by atoms with Gasteiger partial charge < -0.3 is 14.8 Å². The SMILES string of the molecule is Cc1cc(C)c(C)c(S(=O)(=O)N2CCC(C(=O)NCC3COc4ccccc4O3)CC2)c1C. The van der Waals surface area contributed by atoms with E-state index in [0.29, 0.717) is 55.5 Å². The Bertz CT molecular complexity index is 1130.